The lowest BCUT2D eigenvalue weighted by molar-refractivity contribution is -0.141. The number of amides is 1. The lowest BCUT2D eigenvalue weighted by Gasteiger charge is -2.16. The number of hydrogen-bond donors (Lipinski definition) is 1. The maximum absolute atomic E-state index is 13.3. The Labute approximate surface area is 113 Å². The van der Waals surface area contributed by atoms with Crippen LogP contribution in [0.5, 0.6) is 5.75 Å². The van der Waals surface area contributed by atoms with Crippen molar-refractivity contribution in [3.8, 4) is 5.75 Å². The van der Waals surface area contributed by atoms with E-state index in [4.69, 9.17) is 9.84 Å². The van der Waals surface area contributed by atoms with Crippen LogP contribution in [0.15, 0.2) is 18.2 Å². The summed E-state index contributed by atoms with van der Waals surface area (Å²) in [6.45, 7) is 0.0589. The molecule has 0 spiro atoms. The van der Waals surface area contributed by atoms with Gasteiger partial charge in [0.1, 0.15) is 5.82 Å². The highest BCUT2D eigenvalue weighted by Gasteiger charge is 2.30. The van der Waals surface area contributed by atoms with Gasteiger partial charge in [-0.3, -0.25) is 9.59 Å². The van der Waals surface area contributed by atoms with Gasteiger partial charge in [-0.05, 0) is 18.6 Å². The molecule has 1 fully saturated rings. The Morgan fingerprint density at radius 1 is 1.40 bits per heavy atom. The number of halogens is 2. The monoisotopic (exact) mass is 285 g/mol. The molecule has 1 aliphatic rings. The van der Waals surface area contributed by atoms with E-state index in [1.165, 1.54) is 4.90 Å². The van der Waals surface area contributed by atoms with E-state index in [9.17, 15) is 18.4 Å². The molecule has 20 heavy (non-hydrogen) atoms. The van der Waals surface area contributed by atoms with Gasteiger partial charge in [-0.2, -0.15) is 0 Å². The van der Waals surface area contributed by atoms with Gasteiger partial charge >= 0.3 is 5.97 Å². The predicted molar refractivity (Wildman–Crippen MR) is 64.2 cm³/mol. The molecular weight excluding hydrogens is 272 g/mol. The number of ether oxygens (including phenoxy) is 1. The highest BCUT2D eigenvalue weighted by Crippen LogP contribution is 2.19. The number of carbonyl (C=O) groups excluding carboxylic acids is 1. The first-order valence-electron chi connectivity index (χ1n) is 6.06. The van der Waals surface area contributed by atoms with Gasteiger partial charge < -0.3 is 14.7 Å². The maximum atomic E-state index is 13.3. The molecule has 1 atom stereocenters. The van der Waals surface area contributed by atoms with Crippen LogP contribution in [-0.4, -0.2) is 41.6 Å². The minimum absolute atomic E-state index is 0.128. The van der Waals surface area contributed by atoms with E-state index < -0.39 is 36.0 Å². The first-order valence-corrected chi connectivity index (χ1v) is 6.06. The summed E-state index contributed by atoms with van der Waals surface area (Å²) in [5.41, 5.74) is 0. The SMILES string of the molecule is O=C(O)C1CCN(C(=O)COc2ccc(F)cc2F)C1. The Kier molecular flexibility index (Phi) is 4.16. The van der Waals surface area contributed by atoms with Crippen LogP contribution in [0.25, 0.3) is 0 Å². The lowest BCUT2D eigenvalue weighted by Crippen LogP contribution is -2.33. The van der Waals surface area contributed by atoms with Crippen molar-refractivity contribution in [2.24, 2.45) is 5.92 Å². The molecule has 1 heterocycles. The maximum Gasteiger partial charge on any atom is 0.308 e. The lowest BCUT2D eigenvalue weighted by atomic mass is 10.1. The van der Waals surface area contributed by atoms with Gasteiger partial charge in [0, 0.05) is 19.2 Å². The number of likely N-dealkylation sites (tertiary alicyclic amines) is 1. The molecular formula is C13H13F2NO4. The fourth-order valence-corrected chi connectivity index (χ4v) is 2.01. The number of carboxylic acid groups (broad SMARTS) is 1. The van der Waals surface area contributed by atoms with Gasteiger partial charge in [0.15, 0.2) is 18.2 Å². The number of benzene rings is 1. The van der Waals surface area contributed by atoms with Gasteiger partial charge in [-0.15, -0.1) is 0 Å². The van der Waals surface area contributed by atoms with Crippen molar-refractivity contribution in [1.29, 1.82) is 0 Å². The molecule has 108 valence electrons. The Hall–Kier alpha value is -2.18. The van der Waals surface area contributed by atoms with Gasteiger partial charge in [0.25, 0.3) is 5.91 Å². The molecule has 1 aliphatic heterocycles. The topological polar surface area (TPSA) is 66.8 Å². The normalized spacial score (nSPS) is 18.1. The summed E-state index contributed by atoms with van der Waals surface area (Å²) in [6, 6.07) is 2.79. The van der Waals surface area contributed by atoms with Gasteiger partial charge in [-0.25, -0.2) is 8.78 Å². The zero-order valence-corrected chi connectivity index (χ0v) is 10.5. The van der Waals surface area contributed by atoms with Crippen molar-refractivity contribution in [1.82, 2.24) is 4.90 Å². The highest BCUT2D eigenvalue weighted by molar-refractivity contribution is 5.80. The molecule has 1 aromatic rings. The zero-order valence-electron chi connectivity index (χ0n) is 10.5. The van der Waals surface area contributed by atoms with Crippen molar-refractivity contribution in [2.45, 2.75) is 6.42 Å². The molecule has 0 bridgehead atoms. The van der Waals surface area contributed by atoms with Crippen molar-refractivity contribution in [3.05, 3.63) is 29.8 Å². The van der Waals surface area contributed by atoms with Crippen molar-refractivity contribution in [2.75, 3.05) is 19.7 Å². The Morgan fingerprint density at radius 2 is 2.15 bits per heavy atom. The molecule has 0 aromatic heterocycles. The van der Waals surface area contributed by atoms with Gasteiger partial charge in [0.05, 0.1) is 5.92 Å². The molecule has 2 rings (SSSR count). The molecule has 1 N–H and O–H groups in total. The third kappa shape index (κ3) is 3.23. The van der Waals surface area contributed by atoms with E-state index in [2.05, 4.69) is 0 Å². The summed E-state index contributed by atoms with van der Waals surface area (Å²) in [6.07, 6.45) is 0.395. The minimum atomic E-state index is -0.939. The van der Waals surface area contributed by atoms with Crippen LogP contribution in [0.2, 0.25) is 0 Å². The van der Waals surface area contributed by atoms with Crippen LogP contribution in [0.4, 0.5) is 8.78 Å². The molecule has 0 radical (unpaired) electrons. The molecule has 1 aromatic carbocycles. The van der Waals surface area contributed by atoms with E-state index in [-0.39, 0.29) is 12.3 Å². The summed E-state index contributed by atoms with van der Waals surface area (Å²) >= 11 is 0. The number of nitrogens with zero attached hydrogens (tertiary/aromatic N) is 1. The van der Waals surface area contributed by atoms with Crippen LogP contribution >= 0.6 is 0 Å². The molecule has 1 saturated heterocycles. The third-order valence-corrected chi connectivity index (χ3v) is 3.14. The summed E-state index contributed by atoms with van der Waals surface area (Å²) in [7, 11) is 0. The summed E-state index contributed by atoms with van der Waals surface area (Å²) in [5, 5.41) is 8.83. The molecule has 0 aliphatic carbocycles. The molecule has 7 heteroatoms. The smallest absolute Gasteiger partial charge is 0.308 e. The Morgan fingerprint density at radius 3 is 2.75 bits per heavy atom. The average Bonchev–Trinajstić information content (AvgIpc) is 2.87. The number of aliphatic carboxylic acids is 1. The summed E-state index contributed by atoms with van der Waals surface area (Å²) in [5.74, 6) is -3.76. The fourth-order valence-electron chi connectivity index (χ4n) is 2.01. The number of carbonyl (C=O) groups is 2. The van der Waals surface area contributed by atoms with Crippen LogP contribution < -0.4 is 4.74 Å². The fraction of sp³-hybridized carbons (Fsp3) is 0.385. The first kappa shape index (κ1) is 14.2. The molecule has 1 amide bonds. The second-order valence-electron chi connectivity index (χ2n) is 4.53. The van der Waals surface area contributed by atoms with E-state index in [0.29, 0.717) is 19.0 Å². The number of carboxylic acids is 1. The van der Waals surface area contributed by atoms with Crippen LogP contribution in [0, 0.1) is 17.6 Å². The second-order valence-corrected chi connectivity index (χ2v) is 4.53. The second kappa shape index (κ2) is 5.85. The van der Waals surface area contributed by atoms with Crippen LogP contribution in [0.3, 0.4) is 0 Å². The summed E-state index contributed by atoms with van der Waals surface area (Å²) < 4.78 is 30.9. The highest BCUT2D eigenvalue weighted by atomic mass is 19.1. The standard InChI is InChI=1S/C13H13F2NO4/c14-9-1-2-11(10(15)5-9)20-7-12(17)16-4-3-8(6-16)13(18)19/h1-2,5,8H,3-4,6-7H2,(H,18,19). The third-order valence-electron chi connectivity index (χ3n) is 3.14. The minimum Gasteiger partial charge on any atom is -0.481 e. The number of rotatable bonds is 4. The molecule has 0 saturated carbocycles. The quantitative estimate of drug-likeness (QED) is 0.905. The zero-order chi connectivity index (χ0) is 14.7. The van der Waals surface area contributed by atoms with Gasteiger partial charge in [0.2, 0.25) is 0 Å². The first-order chi connectivity index (χ1) is 9.47. The average molecular weight is 285 g/mol. The summed E-state index contributed by atoms with van der Waals surface area (Å²) in [4.78, 5) is 23.9. The van der Waals surface area contributed by atoms with Crippen LogP contribution in [-0.2, 0) is 9.59 Å². The Bertz CT molecular complexity index is 535. The van der Waals surface area contributed by atoms with Gasteiger partial charge in [-0.1, -0.05) is 0 Å². The van der Waals surface area contributed by atoms with E-state index in [1.54, 1.807) is 0 Å². The van der Waals surface area contributed by atoms with Crippen molar-refractivity contribution < 1.29 is 28.2 Å². The predicted octanol–water partition coefficient (Wildman–Crippen LogP) is 1.28. The number of hydrogen-bond acceptors (Lipinski definition) is 3. The van der Waals surface area contributed by atoms with E-state index in [1.807, 2.05) is 0 Å². The Balaban J connectivity index is 1.88. The molecule has 5 nitrogen and oxygen atoms in total. The van der Waals surface area contributed by atoms with Crippen LogP contribution in [0.1, 0.15) is 6.42 Å². The van der Waals surface area contributed by atoms with E-state index in [0.717, 1.165) is 12.1 Å². The van der Waals surface area contributed by atoms with Crippen molar-refractivity contribution in [3.63, 3.8) is 0 Å². The molecule has 1 unspecified atom stereocenters. The van der Waals surface area contributed by atoms with E-state index >= 15 is 0 Å². The van der Waals surface area contributed by atoms with Crippen molar-refractivity contribution >= 4 is 11.9 Å². The largest absolute Gasteiger partial charge is 0.481 e.